The molecule has 2 N–H and O–H groups in total. The van der Waals surface area contributed by atoms with Gasteiger partial charge in [-0.1, -0.05) is 29.8 Å². The van der Waals surface area contributed by atoms with Crippen LogP contribution in [-0.4, -0.2) is 6.34 Å². The van der Waals surface area contributed by atoms with Crippen molar-refractivity contribution in [3.05, 3.63) is 59.6 Å². The van der Waals surface area contributed by atoms with Crippen LogP contribution in [0.3, 0.4) is 0 Å². The molecule has 2 rings (SSSR count). The van der Waals surface area contributed by atoms with Crippen molar-refractivity contribution >= 4 is 29.3 Å². The van der Waals surface area contributed by atoms with E-state index in [-0.39, 0.29) is 0 Å². The van der Waals surface area contributed by atoms with Crippen LogP contribution in [0.25, 0.3) is 0 Å². The standard InChI is InChI=1S/C13H12ClN3/c14-11-6-8-13(9-7-11)17-16-10-15-12-4-2-1-3-5-12/h1-10,17H,(H,15,16). The van der Waals surface area contributed by atoms with Crippen molar-refractivity contribution in [1.82, 2.24) is 5.43 Å². The Balaban J connectivity index is 1.84. The predicted molar refractivity (Wildman–Crippen MR) is 72.8 cm³/mol. The van der Waals surface area contributed by atoms with Gasteiger partial charge in [0.05, 0.1) is 11.4 Å². The van der Waals surface area contributed by atoms with Crippen molar-refractivity contribution in [1.29, 1.82) is 0 Å². The lowest BCUT2D eigenvalue weighted by Gasteiger charge is -2.04. The molecule has 0 amide bonds. The van der Waals surface area contributed by atoms with Crippen LogP contribution in [0.15, 0.2) is 59.6 Å². The summed E-state index contributed by atoms with van der Waals surface area (Å²) in [6, 6.07) is 17.1. The Morgan fingerprint density at radius 3 is 2.35 bits per heavy atom. The summed E-state index contributed by atoms with van der Waals surface area (Å²) in [7, 11) is 0. The van der Waals surface area contributed by atoms with Crippen LogP contribution in [0.1, 0.15) is 0 Å². The Hall–Kier alpha value is -2.00. The van der Waals surface area contributed by atoms with Crippen molar-refractivity contribution in [2.45, 2.75) is 0 Å². The van der Waals surface area contributed by atoms with E-state index < -0.39 is 0 Å². The van der Waals surface area contributed by atoms with Gasteiger partial charge in [-0.2, -0.15) is 0 Å². The third-order valence-corrected chi connectivity index (χ3v) is 2.35. The third kappa shape index (κ3) is 3.81. The Bertz CT molecular complexity index is 480. The maximum atomic E-state index is 5.78. The monoisotopic (exact) mass is 245 g/mol. The second-order valence-electron chi connectivity index (χ2n) is 3.37. The molecular formula is C13H12ClN3. The minimum atomic E-state index is 0.716. The van der Waals surface area contributed by atoms with Crippen LogP contribution in [0.4, 0.5) is 11.4 Å². The molecule has 0 aliphatic carbocycles. The molecule has 0 saturated carbocycles. The Morgan fingerprint density at radius 2 is 1.65 bits per heavy atom. The summed E-state index contributed by atoms with van der Waals surface area (Å²) < 4.78 is 0. The zero-order valence-corrected chi connectivity index (χ0v) is 9.85. The number of hydrogen-bond acceptors (Lipinski definition) is 2. The smallest absolute Gasteiger partial charge is 0.107 e. The highest BCUT2D eigenvalue weighted by Crippen LogP contribution is 2.12. The maximum Gasteiger partial charge on any atom is 0.107 e. The minimum Gasteiger partial charge on any atom is -0.300 e. The molecule has 0 radical (unpaired) electrons. The van der Waals surface area contributed by atoms with Crippen LogP contribution in [0.2, 0.25) is 5.02 Å². The van der Waals surface area contributed by atoms with E-state index in [0.717, 1.165) is 11.4 Å². The zero-order chi connectivity index (χ0) is 11.9. The molecule has 4 heteroatoms. The third-order valence-electron chi connectivity index (χ3n) is 2.10. The number of halogens is 1. The van der Waals surface area contributed by atoms with Gasteiger partial charge in [-0.05, 0) is 36.4 Å². The zero-order valence-electron chi connectivity index (χ0n) is 9.10. The normalized spacial score (nSPS) is 10.4. The molecule has 0 aliphatic rings. The van der Waals surface area contributed by atoms with Crippen LogP contribution in [-0.2, 0) is 0 Å². The first kappa shape index (κ1) is 11.5. The molecule has 0 aliphatic heterocycles. The number of rotatable bonds is 4. The number of hydrazine groups is 1. The summed E-state index contributed by atoms with van der Waals surface area (Å²) in [6.07, 6.45) is 1.60. The summed E-state index contributed by atoms with van der Waals surface area (Å²) in [4.78, 5) is 4.21. The molecule has 2 aromatic rings. The van der Waals surface area contributed by atoms with Crippen molar-refractivity contribution < 1.29 is 0 Å². The highest BCUT2D eigenvalue weighted by atomic mass is 35.5. The van der Waals surface area contributed by atoms with E-state index in [1.54, 1.807) is 6.34 Å². The van der Waals surface area contributed by atoms with Gasteiger partial charge in [0.25, 0.3) is 0 Å². The molecule has 0 spiro atoms. The predicted octanol–water partition coefficient (Wildman–Crippen LogP) is 3.62. The molecule has 2 aromatic carbocycles. The van der Waals surface area contributed by atoms with E-state index in [0.29, 0.717) is 5.02 Å². The van der Waals surface area contributed by atoms with E-state index >= 15 is 0 Å². The van der Waals surface area contributed by atoms with E-state index in [1.807, 2.05) is 54.6 Å². The van der Waals surface area contributed by atoms with Gasteiger partial charge < -0.3 is 5.43 Å². The summed E-state index contributed by atoms with van der Waals surface area (Å²) in [5, 5.41) is 0.716. The molecule has 17 heavy (non-hydrogen) atoms. The molecule has 0 unspecified atom stereocenters. The fraction of sp³-hybridized carbons (Fsp3) is 0. The molecular weight excluding hydrogens is 234 g/mol. The first-order valence-electron chi connectivity index (χ1n) is 5.19. The van der Waals surface area contributed by atoms with Gasteiger partial charge in [0.2, 0.25) is 0 Å². The first-order chi connectivity index (χ1) is 8.34. The van der Waals surface area contributed by atoms with Gasteiger partial charge in [-0.25, -0.2) is 4.99 Å². The summed E-state index contributed by atoms with van der Waals surface area (Å²) in [6.45, 7) is 0. The number of para-hydroxylation sites is 1. The number of nitrogens with one attached hydrogen (secondary N) is 2. The van der Waals surface area contributed by atoms with Gasteiger partial charge in [0.15, 0.2) is 0 Å². The SMILES string of the molecule is Clc1ccc(NNC=Nc2ccccc2)cc1. The fourth-order valence-corrected chi connectivity index (χ4v) is 1.40. The Kier molecular flexibility index (Phi) is 4.00. The number of benzene rings is 2. The topological polar surface area (TPSA) is 36.4 Å². The molecule has 86 valence electrons. The van der Waals surface area contributed by atoms with Gasteiger partial charge >= 0.3 is 0 Å². The Labute approximate surface area is 105 Å². The maximum absolute atomic E-state index is 5.78. The van der Waals surface area contributed by atoms with Crippen LogP contribution >= 0.6 is 11.6 Å². The first-order valence-corrected chi connectivity index (χ1v) is 5.57. The lowest BCUT2D eigenvalue weighted by Crippen LogP contribution is -2.18. The van der Waals surface area contributed by atoms with Crippen molar-refractivity contribution in [3.63, 3.8) is 0 Å². The molecule has 0 atom stereocenters. The second-order valence-corrected chi connectivity index (χ2v) is 3.81. The lowest BCUT2D eigenvalue weighted by molar-refractivity contribution is 1.15. The second kappa shape index (κ2) is 5.92. The largest absolute Gasteiger partial charge is 0.300 e. The Morgan fingerprint density at radius 1 is 0.941 bits per heavy atom. The number of anilines is 1. The van der Waals surface area contributed by atoms with Gasteiger partial charge in [-0.15, -0.1) is 0 Å². The molecule has 0 bridgehead atoms. The molecule has 3 nitrogen and oxygen atoms in total. The summed E-state index contributed by atoms with van der Waals surface area (Å²) in [5.41, 5.74) is 7.69. The lowest BCUT2D eigenvalue weighted by atomic mass is 10.3. The molecule has 0 fully saturated rings. The van der Waals surface area contributed by atoms with E-state index in [4.69, 9.17) is 11.6 Å². The summed E-state index contributed by atoms with van der Waals surface area (Å²) in [5.74, 6) is 0. The van der Waals surface area contributed by atoms with E-state index in [1.165, 1.54) is 0 Å². The average Bonchev–Trinajstić information content (AvgIpc) is 2.38. The van der Waals surface area contributed by atoms with Crippen LogP contribution in [0.5, 0.6) is 0 Å². The number of aliphatic imine (C=N–C) groups is 1. The van der Waals surface area contributed by atoms with Crippen molar-refractivity contribution in [2.75, 3.05) is 5.43 Å². The van der Waals surface area contributed by atoms with E-state index in [9.17, 15) is 0 Å². The average molecular weight is 246 g/mol. The number of nitrogens with zero attached hydrogens (tertiary/aromatic N) is 1. The van der Waals surface area contributed by atoms with Gasteiger partial charge in [0.1, 0.15) is 6.34 Å². The molecule has 0 saturated heterocycles. The van der Waals surface area contributed by atoms with Crippen LogP contribution < -0.4 is 10.9 Å². The highest BCUT2D eigenvalue weighted by molar-refractivity contribution is 6.30. The highest BCUT2D eigenvalue weighted by Gasteiger charge is 1.89. The van der Waals surface area contributed by atoms with Crippen LogP contribution in [0, 0.1) is 0 Å². The number of hydrogen-bond donors (Lipinski definition) is 2. The summed E-state index contributed by atoms with van der Waals surface area (Å²) >= 11 is 5.78. The van der Waals surface area contributed by atoms with Crippen molar-refractivity contribution in [2.24, 2.45) is 4.99 Å². The fourth-order valence-electron chi connectivity index (χ4n) is 1.27. The van der Waals surface area contributed by atoms with E-state index in [2.05, 4.69) is 15.8 Å². The van der Waals surface area contributed by atoms with Gasteiger partial charge in [0, 0.05) is 5.02 Å². The quantitative estimate of drug-likeness (QED) is 0.490. The molecule has 0 aromatic heterocycles. The minimum absolute atomic E-state index is 0.716. The van der Waals surface area contributed by atoms with Gasteiger partial charge in [-0.3, -0.25) is 5.43 Å². The molecule has 0 heterocycles. The van der Waals surface area contributed by atoms with Crippen molar-refractivity contribution in [3.8, 4) is 0 Å².